The number of unbranched alkanes of at least 4 members (excludes halogenated alkanes) is 1. The average molecular weight is 305 g/mol. The van der Waals surface area contributed by atoms with E-state index in [4.69, 9.17) is 5.11 Å². The lowest BCUT2D eigenvalue weighted by atomic mass is 10.1. The fourth-order valence-corrected chi connectivity index (χ4v) is 3.80. The molecule has 0 bridgehead atoms. The molecular formula is C12H19NO4S2. The Morgan fingerprint density at radius 3 is 2.63 bits per heavy atom. The molecule has 0 radical (unpaired) electrons. The van der Waals surface area contributed by atoms with E-state index in [1.165, 1.54) is 11.4 Å². The number of carboxylic acid groups (broad SMARTS) is 1. The Balaban J connectivity index is 2.49. The average Bonchev–Trinajstić information content (AvgIpc) is 2.77. The van der Waals surface area contributed by atoms with Crippen LogP contribution in [-0.4, -0.2) is 26.0 Å². The van der Waals surface area contributed by atoms with Gasteiger partial charge in [0.1, 0.15) is 4.21 Å². The summed E-state index contributed by atoms with van der Waals surface area (Å²) in [7, 11) is -3.57. The summed E-state index contributed by atoms with van der Waals surface area (Å²) < 4.78 is 26.3. The maximum absolute atomic E-state index is 11.9. The van der Waals surface area contributed by atoms with Gasteiger partial charge in [0.05, 0.1) is 5.56 Å². The summed E-state index contributed by atoms with van der Waals surface area (Å²) in [5.41, 5.74) is 0.00480. The van der Waals surface area contributed by atoms with Crippen LogP contribution >= 0.6 is 11.3 Å². The first kappa shape index (κ1) is 16.1. The fourth-order valence-electron chi connectivity index (χ4n) is 1.52. The van der Waals surface area contributed by atoms with Crippen molar-refractivity contribution in [1.29, 1.82) is 0 Å². The second-order valence-electron chi connectivity index (χ2n) is 4.75. The van der Waals surface area contributed by atoms with Gasteiger partial charge in [-0.3, -0.25) is 0 Å². The van der Waals surface area contributed by atoms with Crippen molar-refractivity contribution in [2.45, 2.75) is 37.3 Å². The minimum Gasteiger partial charge on any atom is -0.478 e. The molecule has 0 saturated heterocycles. The van der Waals surface area contributed by atoms with Gasteiger partial charge in [0, 0.05) is 11.9 Å². The van der Waals surface area contributed by atoms with E-state index in [1.54, 1.807) is 0 Å². The zero-order valence-electron chi connectivity index (χ0n) is 11.0. The van der Waals surface area contributed by atoms with Crippen molar-refractivity contribution in [3.05, 3.63) is 17.0 Å². The molecule has 1 aromatic heterocycles. The van der Waals surface area contributed by atoms with Crippen LogP contribution in [0.3, 0.4) is 0 Å². The van der Waals surface area contributed by atoms with Gasteiger partial charge >= 0.3 is 5.97 Å². The van der Waals surface area contributed by atoms with Crippen LogP contribution in [0.5, 0.6) is 0 Å². The summed E-state index contributed by atoms with van der Waals surface area (Å²) in [6, 6.07) is 1.18. The van der Waals surface area contributed by atoms with Gasteiger partial charge in [0.15, 0.2) is 0 Å². The summed E-state index contributed by atoms with van der Waals surface area (Å²) in [5.74, 6) is -0.498. The molecule has 0 aromatic carbocycles. The summed E-state index contributed by atoms with van der Waals surface area (Å²) in [6.45, 7) is 4.64. The van der Waals surface area contributed by atoms with E-state index in [-0.39, 0.29) is 9.77 Å². The predicted octanol–water partition coefficient (Wildman–Crippen LogP) is 2.55. The molecule has 0 aliphatic rings. The van der Waals surface area contributed by atoms with Crippen LogP contribution in [-0.2, 0) is 10.0 Å². The van der Waals surface area contributed by atoms with E-state index in [2.05, 4.69) is 18.6 Å². The van der Waals surface area contributed by atoms with Crippen LogP contribution < -0.4 is 4.72 Å². The Bertz CT molecular complexity index is 520. The minimum atomic E-state index is -3.57. The number of thiophene rings is 1. The van der Waals surface area contributed by atoms with Crippen molar-refractivity contribution in [3.8, 4) is 0 Å². The van der Waals surface area contributed by atoms with E-state index in [0.717, 1.165) is 30.6 Å². The lowest BCUT2D eigenvalue weighted by molar-refractivity contribution is 0.0697. The highest BCUT2D eigenvalue weighted by molar-refractivity contribution is 7.91. The Hall–Kier alpha value is -0.920. The maximum atomic E-state index is 11.9. The summed E-state index contributed by atoms with van der Waals surface area (Å²) in [4.78, 5) is 10.7. The zero-order chi connectivity index (χ0) is 14.5. The van der Waals surface area contributed by atoms with Crippen molar-refractivity contribution in [2.24, 2.45) is 5.92 Å². The Morgan fingerprint density at radius 1 is 1.42 bits per heavy atom. The van der Waals surface area contributed by atoms with Crippen molar-refractivity contribution < 1.29 is 18.3 Å². The normalized spacial score (nSPS) is 11.9. The van der Waals surface area contributed by atoms with Gasteiger partial charge in [-0.15, -0.1) is 11.3 Å². The number of nitrogens with one attached hydrogen (secondary N) is 1. The van der Waals surface area contributed by atoms with Crippen LogP contribution in [0, 0.1) is 5.92 Å². The van der Waals surface area contributed by atoms with Crippen molar-refractivity contribution in [1.82, 2.24) is 4.72 Å². The van der Waals surface area contributed by atoms with Gasteiger partial charge in [-0.05, 0) is 18.4 Å². The smallest absolute Gasteiger partial charge is 0.336 e. The van der Waals surface area contributed by atoms with Crippen molar-refractivity contribution in [3.63, 3.8) is 0 Å². The number of hydrogen-bond donors (Lipinski definition) is 2. The molecule has 5 nitrogen and oxygen atoms in total. The first-order chi connectivity index (χ1) is 8.83. The highest BCUT2D eigenvalue weighted by atomic mass is 32.2. The molecule has 2 N–H and O–H groups in total. The molecule has 0 atom stereocenters. The third kappa shape index (κ3) is 5.30. The quantitative estimate of drug-likeness (QED) is 0.723. The number of aromatic carboxylic acids is 1. The number of carbonyl (C=O) groups is 1. The highest BCUT2D eigenvalue weighted by Crippen LogP contribution is 2.20. The standard InChI is InChI=1S/C12H19NO4S2/c1-9(2)5-3-4-6-13-19(16,17)11-7-10(8-18-11)12(14)15/h7-9,13H,3-6H2,1-2H3,(H,14,15). The number of rotatable bonds is 8. The van der Waals surface area contributed by atoms with Crippen LogP contribution in [0.15, 0.2) is 15.7 Å². The van der Waals surface area contributed by atoms with Crippen LogP contribution in [0.25, 0.3) is 0 Å². The molecule has 19 heavy (non-hydrogen) atoms. The number of sulfonamides is 1. The molecule has 1 rings (SSSR count). The number of carboxylic acids is 1. The maximum Gasteiger partial charge on any atom is 0.336 e. The highest BCUT2D eigenvalue weighted by Gasteiger charge is 2.18. The largest absolute Gasteiger partial charge is 0.478 e. The molecule has 7 heteroatoms. The molecule has 1 heterocycles. The van der Waals surface area contributed by atoms with E-state index < -0.39 is 16.0 Å². The van der Waals surface area contributed by atoms with Gasteiger partial charge in [0.2, 0.25) is 10.0 Å². The van der Waals surface area contributed by atoms with E-state index >= 15 is 0 Å². The monoisotopic (exact) mass is 305 g/mol. The van der Waals surface area contributed by atoms with Crippen molar-refractivity contribution >= 4 is 27.3 Å². The van der Waals surface area contributed by atoms with E-state index in [9.17, 15) is 13.2 Å². The van der Waals surface area contributed by atoms with Gasteiger partial charge in [-0.2, -0.15) is 0 Å². The molecule has 0 aliphatic carbocycles. The number of hydrogen-bond acceptors (Lipinski definition) is 4. The molecular weight excluding hydrogens is 286 g/mol. The third-order valence-electron chi connectivity index (χ3n) is 2.59. The molecule has 0 amide bonds. The van der Waals surface area contributed by atoms with E-state index in [1.807, 2.05) is 0 Å². The third-order valence-corrected chi connectivity index (χ3v) is 5.49. The lowest BCUT2D eigenvalue weighted by Crippen LogP contribution is -2.24. The SMILES string of the molecule is CC(C)CCCCNS(=O)(=O)c1cc(C(=O)O)cs1. The second kappa shape index (κ2) is 7.02. The first-order valence-electron chi connectivity index (χ1n) is 6.14. The lowest BCUT2D eigenvalue weighted by Gasteiger charge is -2.06. The van der Waals surface area contributed by atoms with Gasteiger partial charge in [-0.25, -0.2) is 17.9 Å². The minimum absolute atomic E-state index is 0.00480. The van der Waals surface area contributed by atoms with Gasteiger partial charge < -0.3 is 5.11 Å². The topological polar surface area (TPSA) is 83.5 Å². The second-order valence-corrected chi connectivity index (χ2v) is 7.65. The summed E-state index contributed by atoms with van der Waals surface area (Å²) in [6.07, 6.45) is 2.84. The van der Waals surface area contributed by atoms with Crippen LogP contribution in [0.4, 0.5) is 0 Å². The fraction of sp³-hybridized carbons (Fsp3) is 0.583. The molecule has 0 aliphatic heterocycles. The summed E-state index contributed by atoms with van der Waals surface area (Å²) >= 11 is 0.922. The predicted molar refractivity (Wildman–Crippen MR) is 75.2 cm³/mol. The molecule has 1 aromatic rings. The Kier molecular flexibility index (Phi) is 5.96. The molecule has 0 saturated carbocycles. The summed E-state index contributed by atoms with van der Waals surface area (Å²) in [5, 5.41) is 10.1. The van der Waals surface area contributed by atoms with Crippen LogP contribution in [0.1, 0.15) is 43.5 Å². The van der Waals surface area contributed by atoms with Crippen LogP contribution in [0.2, 0.25) is 0 Å². The van der Waals surface area contributed by atoms with Gasteiger partial charge in [-0.1, -0.05) is 26.7 Å². The molecule has 0 fully saturated rings. The molecule has 0 unspecified atom stereocenters. The van der Waals surface area contributed by atoms with Gasteiger partial charge in [0.25, 0.3) is 0 Å². The zero-order valence-corrected chi connectivity index (χ0v) is 12.7. The Labute approximate surface area is 117 Å². The first-order valence-corrected chi connectivity index (χ1v) is 8.50. The van der Waals surface area contributed by atoms with E-state index in [0.29, 0.717) is 12.5 Å². The molecule has 108 valence electrons. The molecule has 0 spiro atoms. The van der Waals surface area contributed by atoms with Crippen molar-refractivity contribution in [2.75, 3.05) is 6.54 Å². The Morgan fingerprint density at radius 2 is 2.11 bits per heavy atom.